The fraction of sp³-hybridized carbons (Fsp3) is 0.353. The molecule has 2 heterocycles. The Hall–Kier alpha value is -2.66. The molecule has 130 valence electrons. The molecule has 25 heavy (non-hydrogen) atoms. The van der Waals surface area contributed by atoms with Crippen LogP contribution < -0.4 is 4.90 Å². The summed E-state index contributed by atoms with van der Waals surface area (Å²) in [7, 11) is 0. The number of anilines is 1. The molecule has 0 aliphatic carbocycles. The third kappa shape index (κ3) is 4.06. The second-order valence-electron chi connectivity index (χ2n) is 5.79. The Balaban J connectivity index is 1.73. The van der Waals surface area contributed by atoms with Crippen molar-refractivity contribution < 1.29 is 13.2 Å². The van der Waals surface area contributed by atoms with E-state index in [2.05, 4.69) is 16.0 Å². The number of aromatic nitrogens is 2. The Morgan fingerprint density at radius 1 is 1.16 bits per heavy atom. The summed E-state index contributed by atoms with van der Waals surface area (Å²) in [5.41, 5.74) is 0.115. The minimum absolute atomic E-state index is 0.00874. The van der Waals surface area contributed by atoms with Crippen molar-refractivity contribution in [2.45, 2.75) is 18.8 Å². The van der Waals surface area contributed by atoms with E-state index in [0.717, 1.165) is 17.8 Å². The summed E-state index contributed by atoms with van der Waals surface area (Å²) in [5, 5.41) is 9.45. The lowest BCUT2D eigenvalue weighted by atomic mass is 10.1. The van der Waals surface area contributed by atoms with Crippen LogP contribution in [0.3, 0.4) is 0 Å². The van der Waals surface area contributed by atoms with Crippen LogP contribution in [-0.2, 0) is 12.7 Å². The van der Waals surface area contributed by atoms with E-state index in [-0.39, 0.29) is 12.5 Å². The van der Waals surface area contributed by atoms with Crippen molar-refractivity contribution in [3.63, 3.8) is 0 Å². The van der Waals surface area contributed by atoms with Crippen LogP contribution in [0.5, 0.6) is 0 Å². The molecule has 0 amide bonds. The van der Waals surface area contributed by atoms with Gasteiger partial charge in [0.2, 0.25) is 5.95 Å². The normalized spacial score (nSPS) is 18.8. The summed E-state index contributed by atoms with van der Waals surface area (Å²) in [6.45, 7) is 1.90. The highest BCUT2D eigenvalue weighted by Gasteiger charge is 2.34. The SMILES string of the molecule is N#C[C@H]1CN(c2nccc(C(F)(F)F)n2)CCN1Cc1ccccc1. The maximum atomic E-state index is 12.8. The molecule has 0 N–H and O–H groups in total. The Labute approximate surface area is 143 Å². The topological polar surface area (TPSA) is 56.1 Å². The predicted molar refractivity (Wildman–Crippen MR) is 85.5 cm³/mol. The molecule has 1 aromatic carbocycles. The third-order valence-electron chi connectivity index (χ3n) is 4.08. The van der Waals surface area contributed by atoms with Crippen molar-refractivity contribution in [1.82, 2.24) is 14.9 Å². The van der Waals surface area contributed by atoms with Crippen LogP contribution in [0.1, 0.15) is 11.3 Å². The molecule has 0 unspecified atom stereocenters. The Bertz CT molecular complexity index is 757. The summed E-state index contributed by atoms with van der Waals surface area (Å²) < 4.78 is 38.4. The van der Waals surface area contributed by atoms with Gasteiger partial charge in [-0.1, -0.05) is 30.3 Å². The van der Waals surface area contributed by atoms with Crippen LogP contribution in [0, 0.1) is 11.3 Å². The average molecular weight is 347 g/mol. The van der Waals surface area contributed by atoms with Crippen LogP contribution in [-0.4, -0.2) is 40.5 Å². The average Bonchev–Trinajstić information content (AvgIpc) is 2.62. The van der Waals surface area contributed by atoms with Gasteiger partial charge in [-0.2, -0.15) is 18.4 Å². The first-order chi connectivity index (χ1) is 12.0. The molecule has 0 spiro atoms. The van der Waals surface area contributed by atoms with E-state index in [1.165, 1.54) is 0 Å². The van der Waals surface area contributed by atoms with Crippen molar-refractivity contribution in [3.05, 3.63) is 53.9 Å². The zero-order valence-electron chi connectivity index (χ0n) is 13.3. The van der Waals surface area contributed by atoms with Crippen LogP contribution in [0.25, 0.3) is 0 Å². The summed E-state index contributed by atoms with van der Waals surface area (Å²) in [6.07, 6.45) is -3.41. The van der Waals surface area contributed by atoms with Crippen LogP contribution >= 0.6 is 0 Å². The zero-order chi connectivity index (χ0) is 17.9. The van der Waals surface area contributed by atoms with Crippen molar-refractivity contribution >= 4 is 5.95 Å². The number of nitrogens with zero attached hydrogens (tertiary/aromatic N) is 5. The van der Waals surface area contributed by atoms with Gasteiger partial charge in [0.05, 0.1) is 6.07 Å². The summed E-state index contributed by atoms with van der Waals surface area (Å²) in [6, 6.07) is 12.4. The molecule has 3 rings (SSSR count). The molecule has 1 atom stereocenters. The van der Waals surface area contributed by atoms with Crippen molar-refractivity contribution in [2.75, 3.05) is 24.5 Å². The first-order valence-corrected chi connectivity index (χ1v) is 7.80. The number of hydrogen-bond acceptors (Lipinski definition) is 5. The van der Waals surface area contributed by atoms with E-state index < -0.39 is 17.9 Å². The standard InChI is InChI=1S/C17H16F3N5/c18-17(19,20)15-6-7-22-16(23-15)25-9-8-24(14(10-21)12-25)11-13-4-2-1-3-5-13/h1-7,14H,8-9,11-12H2/t14-/m0/s1. The largest absolute Gasteiger partial charge is 0.433 e. The van der Waals surface area contributed by atoms with Crippen molar-refractivity contribution in [1.29, 1.82) is 5.26 Å². The van der Waals surface area contributed by atoms with Gasteiger partial charge in [0.25, 0.3) is 0 Å². The van der Waals surface area contributed by atoms with E-state index in [9.17, 15) is 18.4 Å². The summed E-state index contributed by atoms with van der Waals surface area (Å²) in [5.74, 6) is 0.00874. The summed E-state index contributed by atoms with van der Waals surface area (Å²) >= 11 is 0. The van der Waals surface area contributed by atoms with Gasteiger partial charge in [-0.25, -0.2) is 9.97 Å². The molecule has 0 saturated carbocycles. The molecular formula is C17H16F3N5. The quantitative estimate of drug-likeness (QED) is 0.854. The molecule has 8 heteroatoms. The van der Waals surface area contributed by atoms with Gasteiger partial charge >= 0.3 is 6.18 Å². The van der Waals surface area contributed by atoms with E-state index >= 15 is 0 Å². The van der Waals surface area contributed by atoms with E-state index in [1.807, 2.05) is 35.2 Å². The fourth-order valence-corrected chi connectivity index (χ4v) is 2.79. The maximum absolute atomic E-state index is 12.8. The highest BCUT2D eigenvalue weighted by Crippen LogP contribution is 2.28. The van der Waals surface area contributed by atoms with Crippen LogP contribution in [0.15, 0.2) is 42.6 Å². The number of hydrogen-bond donors (Lipinski definition) is 0. The number of alkyl halides is 3. The lowest BCUT2D eigenvalue weighted by Crippen LogP contribution is -2.52. The summed E-state index contributed by atoms with van der Waals surface area (Å²) in [4.78, 5) is 11.2. The van der Waals surface area contributed by atoms with Gasteiger partial charge < -0.3 is 4.90 Å². The van der Waals surface area contributed by atoms with Gasteiger partial charge in [0.1, 0.15) is 11.7 Å². The molecule has 1 aliphatic heterocycles. The molecule has 1 aromatic heterocycles. The first-order valence-electron chi connectivity index (χ1n) is 7.80. The molecular weight excluding hydrogens is 331 g/mol. The molecule has 1 fully saturated rings. The van der Waals surface area contributed by atoms with Gasteiger partial charge in [-0.15, -0.1) is 0 Å². The smallest absolute Gasteiger partial charge is 0.337 e. The zero-order valence-corrected chi connectivity index (χ0v) is 13.3. The molecule has 0 radical (unpaired) electrons. The molecule has 5 nitrogen and oxygen atoms in total. The molecule has 1 saturated heterocycles. The molecule has 2 aromatic rings. The molecule has 0 bridgehead atoms. The minimum Gasteiger partial charge on any atom is -0.337 e. The van der Waals surface area contributed by atoms with Gasteiger partial charge in [-0.05, 0) is 11.6 Å². The number of rotatable bonds is 3. The Morgan fingerprint density at radius 3 is 2.60 bits per heavy atom. The third-order valence-corrected chi connectivity index (χ3v) is 4.08. The lowest BCUT2D eigenvalue weighted by Gasteiger charge is -2.38. The second-order valence-corrected chi connectivity index (χ2v) is 5.79. The predicted octanol–water partition coefficient (Wildman–Crippen LogP) is 2.71. The van der Waals surface area contributed by atoms with Gasteiger partial charge in [0, 0.05) is 32.4 Å². The maximum Gasteiger partial charge on any atom is 0.433 e. The van der Waals surface area contributed by atoms with Crippen LogP contribution in [0.4, 0.5) is 19.1 Å². The van der Waals surface area contributed by atoms with E-state index in [1.54, 1.807) is 4.90 Å². The van der Waals surface area contributed by atoms with Crippen LogP contribution in [0.2, 0.25) is 0 Å². The fourth-order valence-electron chi connectivity index (χ4n) is 2.79. The van der Waals surface area contributed by atoms with E-state index in [4.69, 9.17) is 0 Å². The number of halogens is 3. The highest BCUT2D eigenvalue weighted by atomic mass is 19.4. The minimum atomic E-state index is -4.51. The van der Waals surface area contributed by atoms with E-state index in [0.29, 0.717) is 19.6 Å². The molecule has 1 aliphatic rings. The number of nitriles is 1. The monoisotopic (exact) mass is 347 g/mol. The lowest BCUT2D eigenvalue weighted by molar-refractivity contribution is -0.141. The van der Waals surface area contributed by atoms with Crippen molar-refractivity contribution in [2.24, 2.45) is 0 Å². The van der Waals surface area contributed by atoms with Crippen molar-refractivity contribution in [3.8, 4) is 6.07 Å². The van der Waals surface area contributed by atoms with Gasteiger partial charge in [0.15, 0.2) is 0 Å². The number of benzene rings is 1. The second kappa shape index (κ2) is 7.07. The first kappa shape index (κ1) is 17.2. The Morgan fingerprint density at radius 2 is 1.92 bits per heavy atom. The number of piperazine rings is 1. The highest BCUT2D eigenvalue weighted by molar-refractivity contribution is 5.33. The van der Waals surface area contributed by atoms with Gasteiger partial charge in [-0.3, -0.25) is 4.90 Å². The Kier molecular flexibility index (Phi) is 4.86.